The van der Waals surface area contributed by atoms with Crippen molar-refractivity contribution >= 4 is 5.91 Å². The lowest BCUT2D eigenvalue weighted by atomic mass is 10.0. The van der Waals surface area contributed by atoms with Gasteiger partial charge in [-0.15, -0.1) is 5.10 Å². The number of hydrogen-bond acceptors (Lipinski definition) is 4. The Balaban J connectivity index is 1.56. The first-order valence-corrected chi connectivity index (χ1v) is 8.20. The molecule has 0 radical (unpaired) electrons. The normalized spacial score (nSPS) is 10.6. The summed E-state index contributed by atoms with van der Waals surface area (Å²) in [6.45, 7) is 0.957. The second kappa shape index (κ2) is 8.21. The van der Waals surface area contributed by atoms with Crippen molar-refractivity contribution < 1.29 is 4.79 Å². The first-order chi connectivity index (χ1) is 12.2. The molecule has 2 aromatic carbocycles. The molecule has 0 bridgehead atoms. The molecule has 0 atom stereocenters. The number of amides is 1. The van der Waals surface area contributed by atoms with Crippen LogP contribution in [0, 0.1) is 0 Å². The lowest BCUT2D eigenvalue weighted by molar-refractivity contribution is -0.119. The minimum absolute atomic E-state index is 0.0243. The highest BCUT2D eigenvalue weighted by molar-refractivity contribution is 5.77. The van der Waals surface area contributed by atoms with E-state index in [-0.39, 0.29) is 12.5 Å². The molecule has 0 saturated heterocycles. The molecule has 0 saturated carbocycles. The van der Waals surface area contributed by atoms with E-state index in [1.807, 2.05) is 12.3 Å². The van der Waals surface area contributed by atoms with Gasteiger partial charge >= 0.3 is 0 Å². The Morgan fingerprint density at radius 1 is 1.00 bits per heavy atom. The first kappa shape index (κ1) is 16.9. The van der Waals surface area contributed by atoms with Gasteiger partial charge in [0.25, 0.3) is 0 Å². The average Bonchev–Trinajstić information content (AvgIpc) is 3.09. The molecule has 128 valence electrons. The zero-order valence-electron chi connectivity index (χ0n) is 13.9. The predicted molar refractivity (Wildman–Crippen MR) is 95.7 cm³/mol. The molecule has 0 spiro atoms. The van der Waals surface area contributed by atoms with E-state index in [1.165, 1.54) is 11.1 Å². The number of nitrogens with one attached hydrogen (secondary N) is 1. The lowest BCUT2D eigenvalue weighted by Gasteiger charge is -2.05. The maximum absolute atomic E-state index is 11.2. The van der Waals surface area contributed by atoms with E-state index in [2.05, 4.69) is 64.2 Å². The van der Waals surface area contributed by atoms with Crippen LogP contribution in [0.3, 0.4) is 0 Å². The smallest absolute Gasteiger partial charge is 0.234 e. The van der Waals surface area contributed by atoms with Crippen molar-refractivity contribution in [2.24, 2.45) is 5.73 Å². The summed E-state index contributed by atoms with van der Waals surface area (Å²) in [7, 11) is 0. The van der Waals surface area contributed by atoms with E-state index in [1.54, 1.807) is 4.68 Å². The molecular formula is C19H21N5O. The van der Waals surface area contributed by atoms with Crippen LogP contribution in [0.5, 0.6) is 0 Å². The molecule has 3 N–H and O–H groups in total. The van der Waals surface area contributed by atoms with Gasteiger partial charge in [0.2, 0.25) is 5.91 Å². The van der Waals surface area contributed by atoms with E-state index in [4.69, 9.17) is 5.73 Å². The predicted octanol–water partition coefficient (Wildman–Crippen LogP) is 1.49. The number of hydrogen-bond donors (Lipinski definition) is 2. The Morgan fingerprint density at radius 3 is 2.40 bits per heavy atom. The van der Waals surface area contributed by atoms with Crippen LogP contribution in [-0.2, 0) is 24.3 Å². The van der Waals surface area contributed by atoms with Gasteiger partial charge < -0.3 is 11.1 Å². The Bertz CT molecular complexity index is 811. The fraction of sp³-hybridized carbons (Fsp3) is 0.211. The van der Waals surface area contributed by atoms with Crippen LogP contribution in [0.1, 0.15) is 22.4 Å². The molecule has 1 heterocycles. The van der Waals surface area contributed by atoms with Crippen molar-refractivity contribution in [3.63, 3.8) is 0 Å². The second-order valence-corrected chi connectivity index (χ2v) is 5.87. The van der Waals surface area contributed by atoms with Gasteiger partial charge in [0, 0.05) is 0 Å². The van der Waals surface area contributed by atoms with Gasteiger partial charge in [-0.05, 0) is 23.1 Å². The quantitative estimate of drug-likeness (QED) is 0.685. The number of nitrogens with two attached hydrogens (primary N) is 1. The third kappa shape index (κ3) is 4.99. The third-order valence-electron chi connectivity index (χ3n) is 3.86. The highest BCUT2D eigenvalue weighted by Gasteiger charge is 2.04. The highest BCUT2D eigenvalue weighted by atomic mass is 16.1. The first-order valence-electron chi connectivity index (χ1n) is 8.20. The molecule has 0 aliphatic carbocycles. The van der Waals surface area contributed by atoms with Crippen LogP contribution >= 0.6 is 0 Å². The molecule has 1 amide bonds. The summed E-state index contributed by atoms with van der Waals surface area (Å²) in [5.74, 6) is -0.205. The zero-order chi connectivity index (χ0) is 17.5. The van der Waals surface area contributed by atoms with Gasteiger partial charge in [-0.1, -0.05) is 59.8 Å². The topological polar surface area (TPSA) is 85.8 Å². The summed E-state index contributed by atoms with van der Waals surface area (Å²) < 4.78 is 1.76. The average molecular weight is 335 g/mol. The molecular weight excluding hydrogens is 314 g/mol. The molecule has 6 nitrogen and oxygen atoms in total. The maximum atomic E-state index is 11.2. The van der Waals surface area contributed by atoms with Gasteiger partial charge in [-0.25, -0.2) is 4.68 Å². The highest BCUT2D eigenvalue weighted by Crippen LogP contribution is 2.11. The van der Waals surface area contributed by atoms with E-state index in [0.717, 1.165) is 12.0 Å². The van der Waals surface area contributed by atoms with Gasteiger partial charge in [0.1, 0.15) is 5.69 Å². The zero-order valence-corrected chi connectivity index (χ0v) is 13.9. The number of carbonyl (C=O) groups excluding carboxylic acids is 1. The Hall–Kier alpha value is -2.99. The van der Waals surface area contributed by atoms with E-state index in [9.17, 15) is 4.79 Å². The van der Waals surface area contributed by atoms with Gasteiger partial charge in [-0.3, -0.25) is 4.79 Å². The van der Waals surface area contributed by atoms with Crippen LogP contribution in [0.2, 0.25) is 0 Å². The van der Waals surface area contributed by atoms with Gasteiger partial charge in [0.15, 0.2) is 0 Å². The van der Waals surface area contributed by atoms with Crippen LogP contribution < -0.4 is 11.1 Å². The molecule has 25 heavy (non-hydrogen) atoms. The van der Waals surface area contributed by atoms with Crippen molar-refractivity contribution in [2.75, 3.05) is 6.54 Å². The summed E-state index contributed by atoms with van der Waals surface area (Å²) in [4.78, 5) is 11.2. The van der Waals surface area contributed by atoms with Crippen molar-refractivity contribution in [3.05, 3.63) is 83.2 Å². The third-order valence-corrected chi connectivity index (χ3v) is 3.86. The van der Waals surface area contributed by atoms with Crippen LogP contribution in [0.25, 0.3) is 0 Å². The summed E-state index contributed by atoms with van der Waals surface area (Å²) in [6.07, 6.45) is 2.75. The van der Waals surface area contributed by atoms with E-state index < -0.39 is 0 Å². The van der Waals surface area contributed by atoms with E-state index >= 15 is 0 Å². The van der Waals surface area contributed by atoms with Gasteiger partial charge in [0.05, 0.1) is 25.8 Å². The summed E-state index contributed by atoms with van der Waals surface area (Å²) in [5, 5.41) is 10.8. The van der Waals surface area contributed by atoms with Gasteiger partial charge in [-0.2, -0.15) is 0 Å². The minimum Gasteiger partial charge on any atom is -0.349 e. The fourth-order valence-electron chi connectivity index (χ4n) is 2.54. The van der Waals surface area contributed by atoms with Crippen molar-refractivity contribution in [3.8, 4) is 0 Å². The van der Waals surface area contributed by atoms with Crippen molar-refractivity contribution in [1.82, 2.24) is 20.3 Å². The molecule has 3 aromatic rings. The molecule has 0 fully saturated rings. The summed E-state index contributed by atoms with van der Waals surface area (Å²) >= 11 is 0. The monoisotopic (exact) mass is 335 g/mol. The summed E-state index contributed by atoms with van der Waals surface area (Å²) in [5.41, 5.74) is 9.69. The Labute approximate surface area is 146 Å². The number of nitrogens with zero attached hydrogens (tertiary/aromatic N) is 3. The second-order valence-electron chi connectivity index (χ2n) is 5.87. The Kier molecular flexibility index (Phi) is 5.53. The van der Waals surface area contributed by atoms with Crippen LogP contribution in [0.15, 0.2) is 60.8 Å². The van der Waals surface area contributed by atoms with E-state index in [0.29, 0.717) is 18.8 Å². The largest absolute Gasteiger partial charge is 0.349 e. The standard InChI is InChI=1S/C19H21N5O/c20-11-19(25)21-12-18-14-24(23-22-18)13-17-8-6-16(7-9-17)10-15-4-2-1-3-5-15/h1-9,14H,10-13,20H2,(H,21,25). The number of rotatable bonds is 7. The SMILES string of the molecule is NCC(=O)NCc1cn(Cc2ccc(Cc3ccccc3)cc2)nn1. The van der Waals surface area contributed by atoms with Crippen LogP contribution in [-0.4, -0.2) is 27.4 Å². The number of aromatic nitrogens is 3. The number of benzene rings is 2. The lowest BCUT2D eigenvalue weighted by Crippen LogP contribution is -2.29. The molecule has 0 aliphatic heterocycles. The Morgan fingerprint density at radius 2 is 1.68 bits per heavy atom. The molecule has 6 heteroatoms. The molecule has 0 unspecified atom stereocenters. The fourth-order valence-corrected chi connectivity index (χ4v) is 2.54. The number of carbonyl (C=O) groups is 1. The molecule has 3 rings (SSSR count). The van der Waals surface area contributed by atoms with Crippen molar-refractivity contribution in [2.45, 2.75) is 19.5 Å². The minimum atomic E-state index is -0.205. The molecule has 1 aromatic heterocycles. The van der Waals surface area contributed by atoms with Crippen LogP contribution in [0.4, 0.5) is 0 Å². The van der Waals surface area contributed by atoms with Crippen molar-refractivity contribution in [1.29, 1.82) is 0 Å². The summed E-state index contributed by atoms with van der Waals surface area (Å²) in [6, 6.07) is 18.9. The maximum Gasteiger partial charge on any atom is 0.234 e. The molecule has 0 aliphatic rings.